The summed E-state index contributed by atoms with van der Waals surface area (Å²) < 4.78 is 26.8. The number of rotatable bonds is 7. The summed E-state index contributed by atoms with van der Waals surface area (Å²) in [7, 11) is -3.33. The molecule has 0 aromatic rings. The predicted molar refractivity (Wildman–Crippen MR) is 83.6 cm³/mol. The third kappa shape index (κ3) is 7.27. The number of carboxylic acids is 1. The minimum absolute atomic E-state index is 0.0294. The second-order valence-electron chi connectivity index (χ2n) is 7.58. The lowest BCUT2D eigenvalue weighted by molar-refractivity contribution is -0.140. The van der Waals surface area contributed by atoms with Crippen molar-refractivity contribution in [2.75, 3.05) is 12.3 Å². The monoisotopic (exact) mass is 319 g/mol. The Morgan fingerprint density at radius 3 is 2.24 bits per heavy atom. The minimum Gasteiger partial charge on any atom is -0.481 e. The van der Waals surface area contributed by atoms with Crippen molar-refractivity contribution in [3.8, 4) is 0 Å². The Labute approximate surface area is 128 Å². The molecule has 0 atom stereocenters. The molecule has 0 bridgehead atoms. The molecule has 21 heavy (non-hydrogen) atoms. The highest BCUT2D eigenvalue weighted by Gasteiger charge is 2.35. The fraction of sp³-hybridized carbons (Fsp3) is 0.933. The Hall–Kier alpha value is -0.620. The van der Waals surface area contributed by atoms with Crippen molar-refractivity contribution < 1.29 is 18.3 Å². The number of aliphatic carboxylic acids is 1. The van der Waals surface area contributed by atoms with E-state index in [4.69, 9.17) is 5.11 Å². The van der Waals surface area contributed by atoms with E-state index in [9.17, 15) is 13.2 Å². The van der Waals surface area contributed by atoms with Crippen molar-refractivity contribution in [1.29, 1.82) is 0 Å². The Bertz CT molecular complexity index is 445. The number of hydrogen-bond acceptors (Lipinski definition) is 3. The quantitative estimate of drug-likeness (QED) is 0.756. The van der Waals surface area contributed by atoms with Crippen molar-refractivity contribution in [2.24, 2.45) is 10.8 Å². The molecule has 0 aromatic heterocycles. The largest absolute Gasteiger partial charge is 0.481 e. The first kappa shape index (κ1) is 18.4. The Morgan fingerprint density at radius 1 is 1.19 bits per heavy atom. The molecule has 1 rings (SSSR count). The predicted octanol–water partition coefficient (Wildman–Crippen LogP) is 2.77. The van der Waals surface area contributed by atoms with Crippen LogP contribution in [0, 0.1) is 10.8 Å². The van der Waals surface area contributed by atoms with E-state index in [-0.39, 0.29) is 24.1 Å². The zero-order valence-corrected chi connectivity index (χ0v) is 14.3. The van der Waals surface area contributed by atoms with Gasteiger partial charge in [-0.05, 0) is 30.1 Å². The minimum atomic E-state index is -3.33. The van der Waals surface area contributed by atoms with E-state index < -0.39 is 21.4 Å². The molecule has 0 unspecified atom stereocenters. The smallest absolute Gasteiger partial charge is 0.303 e. The van der Waals surface area contributed by atoms with Gasteiger partial charge >= 0.3 is 5.97 Å². The highest BCUT2D eigenvalue weighted by Crippen LogP contribution is 2.39. The summed E-state index contributed by atoms with van der Waals surface area (Å²) in [4.78, 5) is 11.1. The first-order chi connectivity index (χ1) is 9.54. The second kappa shape index (κ2) is 7.09. The van der Waals surface area contributed by atoms with Gasteiger partial charge in [0.15, 0.2) is 0 Å². The molecule has 0 aliphatic heterocycles. The molecule has 5 nitrogen and oxygen atoms in total. The maximum Gasteiger partial charge on any atom is 0.303 e. The lowest BCUT2D eigenvalue weighted by Gasteiger charge is -2.36. The van der Waals surface area contributed by atoms with Crippen LogP contribution in [-0.2, 0) is 14.8 Å². The summed E-state index contributed by atoms with van der Waals surface area (Å²) in [5.41, 5.74) is -0.433. The highest BCUT2D eigenvalue weighted by molar-refractivity contribution is 7.89. The molecule has 0 radical (unpaired) electrons. The van der Waals surface area contributed by atoms with Crippen LogP contribution >= 0.6 is 0 Å². The molecule has 1 aliphatic rings. The lowest BCUT2D eigenvalue weighted by atomic mass is 9.72. The Balaban J connectivity index is 2.61. The topological polar surface area (TPSA) is 83.5 Å². The third-order valence-corrected chi connectivity index (χ3v) is 5.55. The summed E-state index contributed by atoms with van der Waals surface area (Å²) >= 11 is 0. The van der Waals surface area contributed by atoms with E-state index in [0.717, 1.165) is 32.1 Å². The molecule has 0 heterocycles. The molecule has 0 amide bonds. The number of nitrogens with one attached hydrogen (secondary N) is 1. The average Bonchev–Trinajstić information content (AvgIpc) is 2.34. The van der Waals surface area contributed by atoms with Crippen LogP contribution in [0.2, 0.25) is 0 Å². The SMILES string of the molecule is CC(C)(C)CCS(=O)(=O)NCC1(CC(=O)O)CCCCC1. The molecule has 2 N–H and O–H groups in total. The van der Waals surface area contributed by atoms with Crippen LogP contribution in [0.15, 0.2) is 0 Å². The molecule has 1 saturated carbocycles. The zero-order valence-electron chi connectivity index (χ0n) is 13.4. The van der Waals surface area contributed by atoms with E-state index in [1.54, 1.807) is 0 Å². The first-order valence-corrected chi connectivity index (χ1v) is 9.38. The molecule has 0 saturated heterocycles. The standard InChI is InChI=1S/C15H29NO4S/c1-14(2,3)9-10-21(19,20)16-12-15(11-13(17)18)7-5-4-6-8-15/h16H,4-12H2,1-3H3,(H,17,18). The van der Waals surface area contributed by atoms with Crippen molar-refractivity contribution in [3.63, 3.8) is 0 Å². The summed E-state index contributed by atoms with van der Waals surface area (Å²) in [5.74, 6) is -0.745. The van der Waals surface area contributed by atoms with Crippen molar-refractivity contribution in [3.05, 3.63) is 0 Å². The first-order valence-electron chi connectivity index (χ1n) is 7.73. The number of sulfonamides is 1. The summed E-state index contributed by atoms with van der Waals surface area (Å²) in [6.07, 6.45) is 5.30. The molecule has 0 aromatic carbocycles. The van der Waals surface area contributed by atoms with E-state index >= 15 is 0 Å². The van der Waals surface area contributed by atoms with Crippen LogP contribution in [-0.4, -0.2) is 31.8 Å². The van der Waals surface area contributed by atoms with E-state index in [0.29, 0.717) is 6.42 Å². The van der Waals surface area contributed by atoms with Crippen LogP contribution < -0.4 is 4.72 Å². The molecule has 6 heteroatoms. The van der Waals surface area contributed by atoms with Gasteiger partial charge in [-0.15, -0.1) is 0 Å². The maximum absolute atomic E-state index is 12.1. The zero-order chi connectivity index (χ0) is 16.1. The fourth-order valence-corrected chi connectivity index (χ4v) is 4.37. The van der Waals surface area contributed by atoms with Gasteiger partial charge in [-0.25, -0.2) is 13.1 Å². The number of carbonyl (C=O) groups is 1. The van der Waals surface area contributed by atoms with Gasteiger partial charge < -0.3 is 5.11 Å². The molecule has 1 aliphatic carbocycles. The van der Waals surface area contributed by atoms with E-state index in [1.165, 1.54) is 0 Å². The van der Waals surface area contributed by atoms with Gasteiger partial charge in [0.1, 0.15) is 0 Å². The lowest BCUT2D eigenvalue weighted by Crippen LogP contribution is -2.41. The third-order valence-electron chi connectivity index (χ3n) is 4.23. The Kier molecular flexibility index (Phi) is 6.23. The fourth-order valence-electron chi connectivity index (χ4n) is 2.81. The van der Waals surface area contributed by atoms with Crippen molar-refractivity contribution in [1.82, 2.24) is 4.72 Å². The van der Waals surface area contributed by atoms with Gasteiger partial charge in [0.25, 0.3) is 0 Å². The summed E-state index contributed by atoms with van der Waals surface area (Å²) in [5, 5.41) is 9.09. The van der Waals surface area contributed by atoms with Crippen molar-refractivity contribution >= 4 is 16.0 Å². The van der Waals surface area contributed by atoms with Crippen LogP contribution in [0.5, 0.6) is 0 Å². The summed E-state index contributed by atoms with van der Waals surface area (Å²) in [6.45, 7) is 6.28. The van der Waals surface area contributed by atoms with Crippen LogP contribution in [0.4, 0.5) is 0 Å². The maximum atomic E-state index is 12.1. The molecular formula is C15H29NO4S. The molecule has 0 spiro atoms. The molecule has 1 fully saturated rings. The van der Waals surface area contributed by atoms with Gasteiger partial charge in [0, 0.05) is 6.54 Å². The van der Waals surface area contributed by atoms with Crippen LogP contribution in [0.25, 0.3) is 0 Å². The summed E-state index contributed by atoms with van der Waals surface area (Å²) in [6, 6.07) is 0. The average molecular weight is 319 g/mol. The Morgan fingerprint density at radius 2 is 1.76 bits per heavy atom. The molecular weight excluding hydrogens is 290 g/mol. The van der Waals surface area contributed by atoms with Crippen molar-refractivity contribution in [2.45, 2.75) is 65.7 Å². The van der Waals surface area contributed by atoms with E-state index in [1.807, 2.05) is 20.8 Å². The normalized spacial score (nSPS) is 19.4. The number of hydrogen-bond donors (Lipinski definition) is 2. The highest BCUT2D eigenvalue weighted by atomic mass is 32.2. The van der Waals surface area contributed by atoms with Gasteiger partial charge in [0.2, 0.25) is 10.0 Å². The van der Waals surface area contributed by atoms with E-state index in [2.05, 4.69) is 4.72 Å². The van der Waals surface area contributed by atoms with Gasteiger partial charge in [-0.3, -0.25) is 4.79 Å². The molecule has 124 valence electrons. The van der Waals surface area contributed by atoms with Crippen LogP contribution in [0.3, 0.4) is 0 Å². The van der Waals surface area contributed by atoms with Crippen LogP contribution in [0.1, 0.15) is 65.7 Å². The number of carboxylic acid groups (broad SMARTS) is 1. The van der Waals surface area contributed by atoms with Gasteiger partial charge in [0.05, 0.1) is 12.2 Å². The van der Waals surface area contributed by atoms with Gasteiger partial charge in [-0.1, -0.05) is 40.0 Å². The second-order valence-corrected chi connectivity index (χ2v) is 9.51. The van der Waals surface area contributed by atoms with Gasteiger partial charge in [-0.2, -0.15) is 0 Å².